The number of urea groups is 1. The summed E-state index contributed by atoms with van der Waals surface area (Å²) in [5.41, 5.74) is -1.29. The highest BCUT2D eigenvalue weighted by Crippen LogP contribution is 2.21. The molecule has 0 saturated carbocycles. The molecule has 0 radical (unpaired) electrons. The number of amides is 2. The van der Waals surface area contributed by atoms with Gasteiger partial charge in [-0.05, 0) is 6.07 Å². The lowest BCUT2D eigenvalue weighted by Crippen LogP contribution is -2.58. The number of aromatic nitrogens is 2. The van der Waals surface area contributed by atoms with Crippen molar-refractivity contribution < 1.29 is 19.4 Å². The van der Waals surface area contributed by atoms with Crippen LogP contribution in [-0.2, 0) is 9.53 Å². The van der Waals surface area contributed by atoms with Gasteiger partial charge in [-0.2, -0.15) is 0 Å². The van der Waals surface area contributed by atoms with E-state index in [2.05, 4.69) is 20.6 Å². The van der Waals surface area contributed by atoms with Crippen LogP contribution in [0.3, 0.4) is 0 Å². The Hall–Kier alpha value is -2.22. The molecule has 8 heteroatoms. The molecule has 8 nitrogen and oxygen atoms in total. The number of carboxylic acid groups (broad SMARTS) is 1. The van der Waals surface area contributed by atoms with Crippen LogP contribution in [-0.4, -0.2) is 45.8 Å². The molecule has 102 valence electrons. The van der Waals surface area contributed by atoms with E-state index in [1.807, 2.05) is 0 Å². The summed E-state index contributed by atoms with van der Waals surface area (Å²) in [7, 11) is 0. The van der Waals surface area contributed by atoms with Gasteiger partial charge in [-0.1, -0.05) is 0 Å². The Balaban J connectivity index is 2.01. The fraction of sp³-hybridized carbons (Fsp3) is 0.455. The molecule has 2 heterocycles. The zero-order valence-electron chi connectivity index (χ0n) is 10.1. The Labute approximate surface area is 109 Å². The number of hydrogen-bond acceptors (Lipinski definition) is 5. The van der Waals surface area contributed by atoms with Crippen molar-refractivity contribution in [2.45, 2.75) is 18.4 Å². The van der Waals surface area contributed by atoms with E-state index >= 15 is 0 Å². The maximum Gasteiger partial charge on any atom is 0.329 e. The number of hydrogen-bond donors (Lipinski definition) is 3. The van der Waals surface area contributed by atoms with Crippen molar-refractivity contribution in [2.24, 2.45) is 0 Å². The Bertz CT molecular complexity index is 459. The average molecular weight is 266 g/mol. The second-order valence-electron chi connectivity index (χ2n) is 4.15. The molecule has 1 saturated heterocycles. The van der Waals surface area contributed by atoms with Crippen LogP contribution in [0, 0.1) is 0 Å². The highest BCUT2D eigenvalue weighted by Gasteiger charge is 2.41. The van der Waals surface area contributed by atoms with Gasteiger partial charge in [-0.25, -0.2) is 19.6 Å². The van der Waals surface area contributed by atoms with E-state index in [1.165, 1.54) is 12.4 Å². The summed E-state index contributed by atoms with van der Waals surface area (Å²) in [5, 5.41) is 14.1. The lowest BCUT2D eigenvalue weighted by molar-refractivity contribution is -0.148. The highest BCUT2D eigenvalue weighted by molar-refractivity contribution is 5.92. The van der Waals surface area contributed by atoms with Crippen LogP contribution in [0.4, 0.5) is 10.7 Å². The minimum atomic E-state index is -1.29. The molecule has 1 fully saturated rings. The Kier molecular flexibility index (Phi) is 3.91. The second kappa shape index (κ2) is 5.61. The first-order valence-corrected chi connectivity index (χ1v) is 5.80. The molecule has 1 aliphatic rings. The van der Waals surface area contributed by atoms with Crippen molar-refractivity contribution in [3.05, 3.63) is 18.5 Å². The molecule has 1 aromatic rings. The molecule has 0 aromatic carbocycles. The molecule has 1 aromatic heterocycles. The van der Waals surface area contributed by atoms with Gasteiger partial charge >= 0.3 is 12.0 Å². The van der Waals surface area contributed by atoms with Gasteiger partial charge in [0.2, 0.25) is 5.95 Å². The predicted molar refractivity (Wildman–Crippen MR) is 64.6 cm³/mol. The first kappa shape index (κ1) is 13.2. The molecular formula is C11H14N4O4. The molecule has 0 spiro atoms. The third-order valence-corrected chi connectivity index (χ3v) is 2.90. The summed E-state index contributed by atoms with van der Waals surface area (Å²) in [4.78, 5) is 30.8. The number of carboxylic acids is 1. The van der Waals surface area contributed by atoms with E-state index in [1.54, 1.807) is 6.07 Å². The molecule has 0 bridgehead atoms. The first-order chi connectivity index (χ1) is 9.12. The number of nitrogens with one attached hydrogen (secondary N) is 2. The van der Waals surface area contributed by atoms with Gasteiger partial charge < -0.3 is 15.2 Å². The van der Waals surface area contributed by atoms with E-state index in [4.69, 9.17) is 4.74 Å². The normalized spacial score (nSPS) is 17.5. The van der Waals surface area contributed by atoms with E-state index < -0.39 is 17.5 Å². The van der Waals surface area contributed by atoms with Gasteiger partial charge in [-0.15, -0.1) is 0 Å². The SMILES string of the molecule is O=C(Nc1ncccn1)NC1(C(=O)O)CCOCC1. The molecule has 0 aliphatic carbocycles. The predicted octanol–water partition coefficient (Wildman–Crippen LogP) is 0.232. The van der Waals surface area contributed by atoms with Crippen LogP contribution >= 0.6 is 0 Å². The molecule has 3 N–H and O–H groups in total. The largest absolute Gasteiger partial charge is 0.480 e. The third kappa shape index (κ3) is 3.16. The molecule has 2 amide bonds. The van der Waals surface area contributed by atoms with Gasteiger partial charge in [0.25, 0.3) is 0 Å². The first-order valence-electron chi connectivity index (χ1n) is 5.80. The minimum Gasteiger partial charge on any atom is -0.480 e. The lowest BCUT2D eigenvalue weighted by Gasteiger charge is -2.33. The van der Waals surface area contributed by atoms with Gasteiger partial charge in [0, 0.05) is 38.4 Å². The zero-order chi connectivity index (χ0) is 13.7. The maximum atomic E-state index is 11.8. The van der Waals surface area contributed by atoms with E-state index in [-0.39, 0.29) is 18.8 Å². The Morgan fingerprint density at radius 3 is 2.47 bits per heavy atom. The maximum absolute atomic E-state index is 11.8. The fourth-order valence-corrected chi connectivity index (χ4v) is 1.83. The number of ether oxygens (including phenoxy) is 1. The van der Waals surface area contributed by atoms with Crippen molar-refractivity contribution >= 4 is 17.9 Å². The quantitative estimate of drug-likeness (QED) is 0.721. The highest BCUT2D eigenvalue weighted by atomic mass is 16.5. The summed E-state index contributed by atoms with van der Waals surface area (Å²) in [6, 6.07) is 0.968. The molecule has 0 atom stereocenters. The number of anilines is 1. The average Bonchev–Trinajstić information content (AvgIpc) is 2.40. The Morgan fingerprint density at radius 1 is 1.26 bits per heavy atom. The molecular weight excluding hydrogens is 252 g/mol. The summed E-state index contributed by atoms with van der Waals surface area (Å²) in [5.74, 6) is -0.951. The van der Waals surface area contributed by atoms with Crippen molar-refractivity contribution in [1.29, 1.82) is 0 Å². The van der Waals surface area contributed by atoms with Crippen molar-refractivity contribution in [1.82, 2.24) is 15.3 Å². The van der Waals surface area contributed by atoms with Crippen molar-refractivity contribution in [3.63, 3.8) is 0 Å². The minimum absolute atomic E-state index is 0.118. The number of rotatable bonds is 3. The van der Waals surface area contributed by atoms with Crippen molar-refractivity contribution in [3.8, 4) is 0 Å². The lowest BCUT2D eigenvalue weighted by atomic mass is 9.90. The summed E-state index contributed by atoms with van der Waals surface area (Å²) < 4.78 is 5.12. The standard InChI is InChI=1S/C11H14N4O4/c16-8(17)11(2-6-19-7-3-11)15-10(18)14-9-12-4-1-5-13-9/h1,4-5H,2-3,6-7H2,(H,16,17)(H2,12,13,14,15,18). The zero-order valence-corrected chi connectivity index (χ0v) is 10.1. The van der Waals surface area contributed by atoms with Crippen LogP contribution in [0.5, 0.6) is 0 Å². The molecule has 2 rings (SSSR count). The van der Waals surface area contributed by atoms with Crippen LogP contribution in [0.15, 0.2) is 18.5 Å². The fourth-order valence-electron chi connectivity index (χ4n) is 1.83. The monoisotopic (exact) mass is 266 g/mol. The smallest absolute Gasteiger partial charge is 0.329 e. The molecule has 19 heavy (non-hydrogen) atoms. The van der Waals surface area contributed by atoms with Crippen molar-refractivity contribution in [2.75, 3.05) is 18.5 Å². The van der Waals surface area contributed by atoms with Crippen LogP contribution in [0.2, 0.25) is 0 Å². The van der Waals surface area contributed by atoms with E-state index in [0.717, 1.165) is 0 Å². The van der Waals surface area contributed by atoms with Crippen LogP contribution < -0.4 is 10.6 Å². The van der Waals surface area contributed by atoms with E-state index in [9.17, 15) is 14.7 Å². The number of carbonyl (C=O) groups excluding carboxylic acids is 1. The van der Waals surface area contributed by atoms with Gasteiger partial charge in [0.1, 0.15) is 5.54 Å². The Morgan fingerprint density at radius 2 is 1.89 bits per heavy atom. The number of nitrogens with zero attached hydrogens (tertiary/aromatic N) is 2. The van der Waals surface area contributed by atoms with Gasteiger partial charge in [0.15, 0.2) is 0 Å². The summed E-state index contributed by atoms with van der Waals surface area (Å²) in [6.45, 7) is 0.600. The molecule has 0 unspecified atom stereocenters. The molecule has 1 aliphatic heterocycles. The topological polar surface area (TPSA) is 113 Å². The number of carbonyl (C=O) groups is 2. The second-order valence-corrected chi connectivity index (χ2v) is 4.15. The van der Waals surface area contributed by atoms with Gasteiger partial charge in [0.05, 0.1) is 0 Å². The van der Waals surface area contributed by atoms with E-state index in [0.29, 0.717) is 13.2 Å². The van der Waals surface area contributed by atoms with Crippen LogP contribution in [0.25, 0.3) is 0 Å². The number of aliphatic carboxylic acids is 1. The summed E-state index contributed by atoms with van der Waals surface area (Å²) in [6.07, 6.45) is 3.41. The third-order valence-electron chi connectivity index (χ3n) is 2.90. The summed E-state index contributed by atoms with van der Waals surface area (Å²) >= 11 is 0. The van der Waals surface area contributed by atoms with Gasteiger partial charge in [-0.3, -0.25) is 5.32 Å². The van der Waals surface area contributed by atoms with Crippen LogP contribution in [0.1, 0.15) is 12.8 Å².